The summed E-state index contributed by atoms with van der Waals surface area (Å²) in [5.74, 6) is -1.33. The maximum atomic E-state index is 13.1. The molecule has 0 saturated heterocycles. The van der Waals surface area contributed by atoms with Crippen LogP contribution in [0, 0.1) is 5.92 Å². The van der Waals surface area contributed by atoms with Crippen LogP contribution < -0.4 is 0 Å². The minimum absolute atomic E-state index is 0.107. The Hall–Kier alpha value is -1.94. The molecule has 97 heavy (non-hydrogen) atoms. The average molecular weight is 1420 g/mol. The van der Waals surface area contributed by atoms with Gasteiger partial charge in [0.1, 0.15) is 19.3 Å². The molecule has 0 aliphatic heterocycles. The van der Waals surface area contributed by atoms with Crippen molar-refractivity contribution in [1.82, 2.24) is 0 Å². The highest BCUT2D eigenvalue weighted by Crippen LogP contribution is 2.45. The van der Waals surface area contributed by atoms with Crippen LogP contribution in [0.25, 0.3) is 0 Å². The van der Waals surface area contributed by atoms with Gasteiger partial charge in [0, 0.05) is 25.7 Å². The quantitative estimate of drug-likeness (QED) is 0.0222. The summed E-state index contributed by atoms with van der Waals surface area (Å²) in [6, 6.07) is 0. The lowest BCUT2D eigenvalue weighted by molar-refractivity contribution is -0.161. The molecule has 576 valence electrons. The largest absolute Gasteiger partial charge is 0.472 e. The molecule has 0 rings (SSSR count). The van der Waals surface area contributed by atoms with Gasteiger partial charge in [0.25, 0.3) is 0 Å². The van der Waals surface area contributed by atoms with Gasteiger partial charge in [-0.15, -0.1) is 0 Å². The Morgan fingerprint density at radius 3 is 0.701 bits per heavy atom. The summed E-state index contributed by atoms with van der Waals surface area (Å²) < 4.78 is 68.4. The van der Waals surface area contributed by atoms with Gasteiger partial charge in [0.05, 0.1) is 26.4 Å². The molecule has 0 aromatic rings. The minimum Gasteiger partial charge on any atom is -0.462 e. The van der Waals surface area contributed by atoms with Crippen molar-refractivity contribution in [2.24, 2.45) is 5.92 Å². The smallest absolute Gasteiger partial charge is 0.462 e. The van der Waals surface area contributed by atoms with Crippen molar-refractivity contribution in [3.8, 4) is 0 Å². The monoisotopic (exact) mass is 1420 g/mol. The van der Waals surface area contributed by atoms with Crippen LogP contribution in [0.3, 0.4) is 0 Å². The number of phosphoric ester groups is 2. The Morgan fingerprint density at radius 1 is 0.278 bits per heavy atom. The number of hydrogen-bond acceptors (Lipinski definition) is 15. The predicted molar refractivity (Wildman–Crippen MR) is 395 cm³/mol. The van der Waals surface area contributed by atoms with Crippen LogP contribution in [0.4, 0.5) is 0 Å². The van der Waals surface area contributed by atoms with Crippen LogP contribution in [0.5, 0.6) is 0 Å². The van der Waals surface area contributed by atoms with E-state index in [1.807, 2.05) is 0 Å². The van der Waals surface area contributed by atoms with E-state index in [4.69, 9.17) is 37.0 Å². The molecular weight excluding hydrogens is 1270 g/mol. The van der Waals surface area contributed by atoms with Crippen LogP contribution in [-0.4, -0.2) is 96.7 Å². The molecule has 0 spiro atoms. The topological polar surface area (TPSA) is 237 Å². The van der Waals surface area contributed by atoms with Crippen molar-refractivity contribution in [3.63, 3.8) is 0 Å². The van der Waals surface area contributed by atoms with Crippen LogP contribution in [0.1, 0.15) is 413 Å². The number of esters is 4. The molecule has 0 heterocycles. The zero-order chi connectivity index (χ0) is 71.2. The molecule has 5 atom stereocenters. The van der Waals surface area contributed by atoms with E-state index < -0.39 is 97.5 Å². The van der Waals surface area contributed by atoms with Crippen LogP contribution in [-0.2, 0) is 65.4 Å². The molecule has 0 radical (unpaired) electrons. The van der Waals surface area contributed by atoms with E-state index in [1.54, 1.807) is 0 Å². The maximum Gasteiger partial charge on any atom is 0.472 e. The normalized spacial score (nSPS) is 13.9. The van der Waals surface area contributed by atoms with E-state index >= 15 is 0 Å². The zero-order valence-corrected chi connectivity index (χ0v) is 65.0. The number of aliphatic hydroxyl groups excluding tert-OH is 1. The molecule has 0 aliphatic carbocycles. The van der Waals surface area contributed by atoms with Crippen LogP contribution in [0.2, 0.25) is 0 Å². The second-order valence-corrected chi connectivity index (χ2v) is 31.5. The van der Waals surface area contributed by atoms with Gasteiger partial charge in [-0.3, -0.25) is 37.3 Å². The zero-order valence-electron chi connectivity index (χ0n) is 63.2. The first-order valence-corrected chi connectivity index (χ1v) is 43.6. The van der Waals surface area contributed by atoms with E-state index in [-0.39, 0.29) is 25.7 Å². The first-order valence-electron chi connectivity index (χ1n) is 40.6. The summed E-state index contributed by atoms with van der Waals surface area (Å²) in [7, 11) is -9.90. The molecule has 0 bridgehead atoms. The third kappa shape index (κ3) is 72.2. The van der Waals surface area contributed by atoms with Crippen LogP contribution in [0.15, 0.2) is 0 Å². The van der Waals surface area contributed by atoms with Gasteiger partial charge in [-0.05, 0) is 31.6 Å². The fourth-order valence-corrected chi connectivity index (χ4v) is 13.6. The van der Waals surface area contributed by atoms with Gasteiger partial charge < -0.3 is 33.8 Å². The number of unbranched alkanes of at least 4 members (excludes halogenated alkanes) is 50. The van der Waals surface area contributed by atoms with E-state index in [0.717, 1.165) is 102 Å². The molecule has 0 amide bonds. The van der Waals surface area contributed by atoms with Gasteiger partial charge in [-0.1, -0.05) is 362 Å². The number of phosphoric acid groups is 2. The molecule has 0 saturated carbocycles. The van der Waals surface area contributed by atoms with Gasteiger partial charge >= 0.3 is 39.5 Å². The molecule has 0 aromatic heterocycles. The van der Waals surface area contributed by atoms with Crippen molar-refractivity contribution in [1.29, 1.82) is 0 Å². The molecule has 0 fully saturated rings. The molecule has 3 N–H and O–H groups in total. The van der Waals surface area contributed by atoms with Gasteiger partial charge in [-0.2, -0.15) is 0 Å². The third-order valence-electron chi connectivity index (χ3n) is 18.3. The SMILES string of the molecule is CCCCCCCCCCCCCCCCCCCCC(=O)OC[C@H](COP(=O)(O)OC[C@@H](O)COP(=O)(O)OC[C@@H](COC(=O)CCCCCCC)OC(=O)CCCCCCCCCCCCCCCC(C)C)OC(=O)CCCCCCCCCCCCCCCCCCCC. The van der Waals surface area contributed by atoms with Gasteiger partial charge in [-0.25, -0.2) is 9.13 Å². The van der Waals surface area contributed by atoms with Gasteiger partial charge in [0.15, 0.2) is 12.2 Å². The first kappa shape index (κ1) is 95.1. The Bertz CT molecular complexity index is 1860. The Balaban J connectivity index is 5.13. The lowest BCUT2D eigenvalue weighted by atomic mass is 10.0. The summed E-state index contributed by atoms with van der Waals surface area (Å²) in [5.41, 5.74) is 0. The molecule has 17 nitrogen and oxygen atoms in total. The van der Waals surface area contributed by atoms with Crippen molar-refractivity contribution in [2.75, 3.05) is 39.6 Å². The van der Waals surface area contributed by atoms with Crippen LogP contribution >= 0.6 is 15.6 Å². The van der Waals surface area contributed by atoms with E-state index in [0.29, 0.717) is 25.7 Å². The van der Waals surface area contributed by atoms with E-state index in [9.17, 15) is 43.2 Å². The highest BCUT2D eigenvalue weighted by Gasteiger charge is 2.30. The number of aliphatic hydroxyl groups is 1. The number of ether oxygens (including phenoxy) is 4. The van der Waals surface area contributed by atoms with Gasteiger partial charge in [0.2, 0.25) is 0 Å². The Kier molecular flexibility index (Phi) is 69.6. The average Bonchev–Trinajstić information content (AvgIpc) is 2.22. The lowest BCUT2D eigenvalue weighted by Crippen LogP contribution is -2.30. The predicted octanol–water partition coefficient (Wildman–Crippen LogP) is 23.3. The van der Waals surface area contributed by atoms with E-state index in [1.165, 1.54) is 231 Å². The first-order chi connectivity index (χ1) is 47.0. The second kappa shape index (κ2) is 71.1. The molecule has 19 heteroatoms. The standard InChI is InChI=1S/C78H152O17P2/c1-6-9-12-15-17-19-21-23-25-27-29-31-35-39-43-47-52-57-62-76(81)89-68-74(95-78(83)64-58-53-48-44-40-36-32-30-28-26-24-22-20-18-16-13-10-7-2)70-93-97(86,87)91-66-72(79)65-90-96(84,85)92-69-73(67-88-75(80)61-56-50-14-11-8-3)94-77(82)63-59-54-49-45-41-37-33-34-38-42-46-51-55-60-71(4)5/h71-74,79H,6-70H2,1-5H3,(H,84,85)(H,86,87)/t72-,73+,74+/m0/s1. The summed E-state index contributed by atoms with van der Waals surface area (Å²) in [6.45, 7) is 7.24. The highest BCUT2D eigenvalue weighted by atomic mass is 31.2. The fourth-order valence-electron chi connectivity index (χ4n) is 12.1. The highest BCUT2D eigenvalue weighted by molar-refractivity contribution is 7.47. The molecule has 2 unspecified atom stereocenters. The number of carbonyl (C=O) groups excluding carboxylic acids is 4. The molecule has 0 aliphatic rings. The summed E-state index contributed by atoms with van der Waals surface area (Å²) in [6.07, 6.45) is 61.5. The minimum atomic E-state index is -4.96. The summed E-state index contributed by atoms with van der Waals surface area (Å²) in [5, 5.41) is 10.6. The maximum absolute atomic E-state index is 13.1. The summed E-state index contributed by atoms with van der Waals surface area (Å²) >= 11 is 0. The molecular formula is C78H152O17P2. The van der Waals surface area contributed by atoms with Crippen molar-refractivity contribution in [2.45, 2.75) is 432 Å². The summed E-state index contributed by atoms with van der Waals surface area (Å²) in [4.78, 5) is 72.6. The van der Waals surface area contributed by atoms with E-state index in [2.05, 4.69) is 34.6 Å². The Morgan fingerprint density at radius 2 is 0.474 bits per heavy atom. The van der Waals surface area contributed by atoms with Crippen molar-refractivity contribution < 1.29 is 80.2 Å². The fraction of sp³-hybridized carbons (Fsp3) is 0.949. The Labute approximate surface area is 594 Å². The second-order valence-electron chi connectivity index (χ2n) is 28.6. The van der Waals surface area contributed by atoms with Crippen molar-refractivity contribution >= 4 is 39.5 Å². The number of rotatable bonds is 78. The number of hydrogen-bond donors (Lipinski definition) is 3. The molecule has 0 aromatic carbocycles. The third-order valence-corrected chi connectivity index (χ3v) is 20.2. The lowest BCUT2D eigenvalue weighted by Gasteiger charge is -2.21. The van der Waals surface area contributed by atoms with Crippen molar-refractivity contribution in [3.05, 3.63) is 0 Å². The number of carbonyl (C=O) groups is 4.